The summed E-state index contributed by atoms with van der Waals surface area (Å²) in [6.07, 6.45) is 13.0. The molecule has 4 N–H and O–H groups in total. The summed E-state index contributed by atoms with van der Waals surface area (Å²) in [6, 6.07) is 6.10. The molecule has 1 saturated carbocycles. The van der Waals surface area contributed by atoms with Gasteiger partial charge in [0, 0.05) is 29.3 Å². The van der Waals surface area contributed by atoms with E-state index < -0.39 is 0 Å². The highest BCUT2D eigenvalue weighted by Crippen LogP contribution is 2.37. The number of aromatic amines is 2. The molecule has 0 unspecified atom stereocenters. The number of imidazole rings is 1. The van der Waals surface area contributed by atoms with Crippen LogP contribution in [0.15, 0.2) is 61.1 Å². The van der Waals surface area contributed by atoms with Gasteiger partial charge < -0.3 is 15.4 Å². The maximum Gasteiger partial charge on any atom is 0.224 e. The fourth-order valence-electron chi connectivity index (χ4n) is 5.02. The van der Waals surface area contributed by atoms with E-state index in [9.17, 15) is 9.90 Å². The van der Waals surface area contributed by atoms with Crippen LogP contribution in [-0.4, -0.2) is 42.3 Å². The van der Waals surface area contributed by atoms with Crippen molar-refractivity contribution in [2.75, 3.05) is 0 Å². The molecule has 3 aromatic heterocycles. The highest BCUT2D eigenvalue weighted by Gasteiger charge is 2.24. The maximum absolute atomic E-state index is 11.9. The summed E-state index contributed by atoms with van der Waals surface area (Å²) in [7, 11) is 0. The zero-order chi connectivity index (χ0) is 25.9. The number of H-pyrrole nitrogens is 2. The molecular weight excluding hydrogens is 464 g/mol. The number of pyridine rings is 1. The zero-order valence-electron chi connectivity index (χ0n) is 21.2. The fourth-order valence-corrected chi connectivity index (χ4v) is 5.02. The van der Waals surface area contributed by atoms with Crippen LogP contribution < -0.4 is 5.32 Å². The molecule has 1 aromatic carbocycles. The molecule has 1 aliphatic rings. The standard InChI is InChI=1S/C29H32N6O2/c1-4-17(13-20(5-2)31-26(37)6-3)19-9-12-24-22(14-19)28(35-34-24)29-32-25-16-30-15-23(27(25)33-29)18-7-10-21(36)11-8-18/h4-5,9,12-16,18,21,36H,2,6-8,10-11H2,1,3H3,(H,31,37)(H,32,33)(H,34,35)/b17-4+,20-13+. The number of aliphatic hydroxyl groups is 1. The number of nitrogens with one attached hydrogen (secondary N) is 3. The van der Waals surface area contributed by atoms with Gasteiger partial charge in [-0.05, 0) is 73.9 Å². The molecule has 3 heterocycles. The smallest absolute Gasteiger partial charge is 0.224 e. The summed E-state index contributed by atoms with van der Waals surface area (Å²) in [6.45, 7) is 7.62. The Kier molecular flexibility index (Phi) is 7.01. The lowest BCUT2D eigenvalue weighted by molar-refractivity contribution is -0.120. The zero-order valence-corrected chi connectivity index (χ0v) is 21.2. The van der Waals surface area contributed by atoms with Crippen molar-refractivity contribution < 1.29 is 9.90 Å². The van der Waals surface area contributed by atoms with Crippen LogP contribution >= 0.6 is 0 Å². The molecule has 0 aliphatic heterocycles. The molecule has 5 rings (SSSR count). The minimum absolute atomic E-state index is 0.0580. The third kappa shape index (κ3) is 4.97. The molecular formula is C29H32N6O2. The predicted octanol–water partition coefficient (Wildman–Crippen LogP) is 5.52. The second-order valence-corrected chi connectivity index (χ2v) is 9.50. The maximum atomic E-state index is 11.9. The van der Waals surface area contributed by atoms with Gasteiger partial charge in [-0.3, -0.25) is 14.9 Å². The van der Waals surface area contributed by atoms with Crippen LogP contribution in [0.1, 0.15) is 63.0 Å². The number of amides is 1. The minimum Gasteiger partial charge on any atom is -0.393 e. The SMILES string of the molecule is C=C/C(=C\C(=C/C)c1ccc2[nH]nc(-c3nc4c(C5CCC(O)CC5)cncc4[nH]3)c2c1)NC(=O)CC. The van der Waals surface area contributed by atoms with Gasteiger partial charge in [0.15, 0.2) is 5.82 Å². The molecule has 8 nitrogen and oxygen atoms in total. The Balaban J connectivity index is 1.52. The summed E-state index contributed by atoms with van der Waals surface area (Å²) in [5, 5.41) is 21.5. The Bertz CT molecular complexity index is 1520. The van der Waals surface area contributed by atoms with Crippen molar-refractivity contribution in [3.63, 3.8) is 0 Å². The van der Waals surface area contributed by atoms with Gasteiger partial charge in [0.1, 0.15) is 5.69 Å². The van der Waals surface area contributed by atoms with Crippen molar-refractivity contribution in [2.45, 2.75) is 58.0 Å². The molecule has 0 saturated heterocycles. The first kappa shape index (κ1) is 24.6. The molecule has 1 aliphatic carbocycles. The number of allylic oxidation sites excluding steroid dienone is 4. The third-order valence-electron chi connectivity index (χ3n) is 7.13. The van der Waals surface area contributed by atoms with E-state index in [0.29, 0.717) is 23.9 Å². The Morgan fingerprint density at radius 1 is 1.22 bits per heavy atom. The molecule has 190 valence electrons. The summed E-state index contributed by atoms with van der Waals surface area (Å²) >= 11 is 0. The molecule has 0 atom stereocenters. The van der Waals surface area contributed by atoms with Crippen LogP contribution in [0.25, 0.3) is 39.0 Å². The fraction of sp³-hybridized carbons (Fsp3) is 0.310. The van der Waals surface area contributed by atoms with Gasteiger partial charge in [0.05, 0.1) is 28.9 Å². The van der Waals surface area contributed by atoms with E-state index in [1.165, 1.54) is 0 Å². The molecule has 1 amide bonds. The lowest BCUT2D eigenvalue weighted by Crippen LogP contribution is -2.20. The van der Waals surface area contributed by atoms with Gasteiger partial charge in [-0.1, -0.05) is 25.6 Å². The van der Waals surface area contributed by atoms with Crippen LogP contribution in [0.5, 0.6) is 0 Å². The number of hydrogen-bond acceptors (Lipinski definition) is 5. The van der Waals surface area contributed by atoms with Crippen LogP contribution in [0, 0.1) is 0 Å². The van der Waals surface area contributed by atoms with Crippen LogP contribution in [0.2, 0.25) is 0 Å². The summed E-state index contributed by atoms with van der Waals surface area (Å²) in [4.78, 5) is 24.7. The number of nitrogens with zero attached hydrogens (tertiary/aromatic N) is 3. The number of aliphatic hydroxyl groups excluding tert-OH is 1. The Hall–Kier alpha value is -4.04. The van der Waals surface area contributed by atoms with E-state index in [2.05, 4.69) is 38.1 Å². The number of benzene rings is 1. The lowest BCUT2D eigenvalue weighted by atomic mass is 9.83. The summed E-state index contributed by atoms with van der Waals surface area (Å²) in [5.74, 6) is 0.968. The topological polar surface area (TPSA) is 120 Å². The lowest BCUT2D eigenvalue weighted by Gasteiger charge is -2.25. The molecule has 37 heavy (non-hydrogen) atoms. The second-order valence-electron chi connectivity index (χ2n) is 9.50. The van der Waals surface area contributed by atoms with Crippen molar-refractivity contribution in [2.24, 2.45) is 0 Å². The van der Waals surface area contributed by atoms with Gasteiger partial charge >= 0.3 is 0 Å². The molecule has 0 bridgehead atoms. The van der Waals surface area contributed by atoms with Crippen molar-refractivity contribution in [3.05, 3.63) is 72.2 Å². The number of rotatable bonds is 7. The first-order valence-electron chi connectivity index (χ1n) is 12.8. The molecule has 4 aromatic rings. The number of hydrogen-bond donors (Lipinski definition) is 4. The third-order valence-corrected chi connectivity index (χ3v) is 7.13. The quantitative estimate of drug-likeness (QED) is 0.251. The number of carbonyl (C=O) groups excluding carboxylic acids is 1. The van der Waals surface area contributed by atoms with Crippen molar-refractivity contribution in [1.82, 2.24) is 30.5 Å². The van der Waals surface area contributed by atoms with E-state index >= 15 is 0 Å². The number of aromatic nitrogens is 5. The van der Waals surface area contributed by atoms with Gasteiger partial charge in [-0.25, -0.2) is 4.98 Å². The van der Waals surface area contributed by atoms with E-state index in [4.69, 9.17) is 4.98 Å². The first-order valence-corrected chi connectivity index (χ1v) is 12.8. The minimum atomic E-state index is -0.204. The Morgan fingerprint density at radius 2 is 2.03 bits per heavy atom. The molecule has 1 fully saturated rings. The summed E-state index contributed by atoms with van der Waals surface area (Å²) < 4.78 is 0. The highest BCUT2D eigenvalue weighted by atomic mass is 16.3. The van der Waals surface area contributed by atoms with E-state index in [1.807, 2.05) is 44.3 Å². The van der Waals surface area contributed by atoms with Crippen LogP contribution in [-0.2, 0) is 4.79 Å². The van der Waals surface area contributed by atoms with Gasteiger partial charge in [0.25, 0.3) is 0 Å². The van der Waals surface area contributed by atoms with Crippen LogP contribution in [0.4, 0.5) is 0 Å². The second kappa shape index (κ2) is 10.5. The molecule has 0 radical (unpaired) electrons. The molecule has 0 spiro atoms. The van der Waals surface area contributed by atoms with E-state index in [1.54, 1.807) is 12.3 Å². The first-order chi connectivity index (χ1) is 18.0. The van der Waals surface area contributed by atoms with Crippen molar-refractivity contribution in [1.29, 1.82) is 0 Å². The van der Waals surface area contributed by atoms with E-state index in [0.717, 1.165) is 70.0 Å². The number of carbonyl (C=O) groups is 1. The number of fused-ring (bicyclic) bond motifs is 2. The molecule has 8 heteroatoms. The van der Waals surface area contributed by atoms with Gasteiger partial charge in [-0.2, -0.15) is 5.10 Å². The van der Waals surface area contributed by atoms with Crippen LogP contribution in [0.3, 0.4) is 0 Å². The van der Waals surface area contributed by atoms with Gasteiger partial charge in [-0.15, -0.1) is 0 Å². The predicted molar refractivity (Wildman–Crippen MR) is 147 cm³/mol. The van der Waals surface area contributed by atoms with Gasteiger partial charge in [0.2, 0.25) is 5.91 Å². The normalized spacial score (nSPS) is 18.9. The average molecular weight is 497 g/mol. The monoisotopic (exact) mass is 496 g/mol. The highest BCUT2D eigenvalue weighted by molar-refractivity contribution is 5.96. The Labute approximate surface area is 215 Å². The van der Waals surface area contributed by atoms with Crippen molar-refractivity contribution in [3.8, 4) is 11.5 Å². The summed E-state index contributed by atoms with van der Waals surface area (Å²) in [5.41, 5.74) is 7.16. The largest absolute Gasteiger partial charge is 0.393 e. The average Bonchev–Trinajstić information content (AvgIpc) is 3.55. The Morgan fingerprint density at radius 3 is 2.76 bits per heavy atom. The van der Waals surface area contributed by atoms with Crippen molar-refractivity contribution >= 4 is 33.4 Å². The van der Waals surface area contributed by atoms with E-state index in [-0.39, 0.29) is 12.0 Å².